The first-order chi connectivity index (χ1) is 9.24. The molecule has 2 nitrogen and oxygen atoms in total. The summed E-state index contributed by atoms with van der Waals surface area (Å²) in [5.74, 6) is 0.910. The maximum Gasteiger partial charge on any atom is 0.0304 e. The molecule has 110 valence electrons. The predicted molar refractivity (Wildman–Crippen MR) is 83.4 cm³/mol. The van der Waals surface area contributed by atoms with Gasteiger partial charge in [-0.3, -0.25) is 4.90 Å². The van der Waals surface area contributed by atoms with Gasteiger partial charge in [0.05, 0.1) is 0 Å². The quantitative estimate of drug-likeness (QED) is 0.764. The Morgan fingerprint density at radius 3 is 2.47 bits per heavy atom. The first kappa shape index (κ1) is 15.1. The molecule has 1 aliphatic carbocycles. The fourth-order valence-corrected chi connectivity index (χ4v) is 4.09. The van der Waals surface area contributed by atoms with Crippen LogP contribution >= 0.6 is 0 Å². The molecule has 1 saturated carbocycles. The van der Waals surface area contributed by atoms with E-state index in [1.165, 1.54) is 58.0 Å². The molecule has 1 aliphatic heterocycles. The van der Waals surface area contributed by atoms with Crippen molar-refractivity contribution in [2.75, 3.05) is 19.6 Å². The van der Waals surface area contributed by atoms with Crippen molar-refractivity contribution >= 4 is 0 Å². The van der Waals surface area contributed by atoms with Crippen LogP contribution in [0.5, 0.6) is 0 Å². The van der Waals surface area contributed by atoms with Crippen LogP contribution < -0.4 is 5.32 Å². The summed E-state index contributed by atoms with van der Waals surface area (Å²) in [5.41, 5.74) is 0.341. The molecule has 2 heteroatoms. The lowest BCUT2D eigenvalue weighted by atomic mass is 9.79. The van der Waals surface area contributed by atoms with E-state index < -0.39 is 0 Å². The third-order valence-electron chi connectivity index (χ3n) is 5.57. The molecule has 2 fully saturated rings. The molecule has 0 radical (unpaired) electrons. The third kappa shape index (κ3) is 3.41. The van der Waals surface area contributed by atoms with Crippen LogP contribution in [0.15, 0.2) is 12.7 Å². The van der Waals surface area contributed by atoms with Gasteiger partial charge in [-0.2, -0.15) is 0 Å². The first-order valence-corrected chi connectivity index (χ1v) is 8.34. The van der Waals surface area contributed by atoms with Gasteiger partial charge in [-0.25, -0.2) is 0 Å². The summed E-state index contributed by atoms with van der Waals surface area (Å²) in [5, 5.41) is 3.89. The molecule has 19 heavy (non-hydrogen) atoms. The maximum absolute atomic E-state index is 3.97. The summed E-state index contributed by atoms with van der Waals surface area (Å²) < 4.78 is 0. The summed E-state index contributed by atoms with van der Waals surface area (Å²) >= 11 is 0. The Balaban J connectivity index is 2.05. The zero-order valence-corrected chi connectivity index (χ0v) is 13.0. The van der Waals surface area contributed by atoms with E-state index in [1.807, 2.05) is 0 Å². The van der Waals surface area contributed by atoms with Gasteiger partial charge in [-0.15, -0.1) is 6.58 Å². The molecule has 1 N–H and O–H groups in total. The summed E-state index contributed by atoms with van der Waals surface area (Å²) in [6.07, 6.45) is 11.8. The smallest absolute Gasteiger partial charge is 0.0304 e. The lowest BCUT2D eigenvalue weighted by Crippen LogP contribution is -2.65. The van der Waals surface area contributed by atoms with Crippen molar-refractivity contribution in [3.63, 3.8) is 0 Å². The minimum absolute atomic E-state index is 0.341. The molecule has 0 spiro atoms. The summed E-state index contributed by atoms with van der Waals surface area (Å²) in [7, 11) is 0. The van der Waals surface area contributed by atoms with Crippen molar-refractivity contribution in [3.8, 4) is 0 Å². The average molecular weight is 264 g/mol. The first-order valence-electron chi connectivity index (χ1n) is 8.34. The second-order valence-corrected chi connectivity index (χ2v) is 6.55. The molecule has 1 atom stereocenters. The van der Waals surface area contributed by atoms with Crippen LogP contribution in [-0.4, -0.2) is 36.1 Å². The molecule has 2 rings (SSSR count). The van der Waals surface area contributed by atoms with Crippen LogP contribution in [-0.2, 0) is 0 Å². The van der Waals surface area contributed by atoms with E-state index in [4.69, 9.17) is 0 Å². The molecular weight excluding hydrogens is 232 g/mol. The lowest BCUT2D eigenvalue weighted by molar-refractivity contribution is 0.0411. The monoisotopic (exact) mass is 264 g/mol. The third-order valence-corrected chi connectivity index (χ3v) is 5.57. The van der Waals surface area contributed by atoms with Crippen LogP contribution in [0.4, 0.5) is 0 Å². The zero-order chi connectivity index (χ0) is 13.7. The number of nitrogens with one attached hydrogen (secondary N) is 1. The van der Waals surface area contributed by atoms with Crippen molar-refractivity contribution in [3.05, 3.63) is 12.7 Å². The largest absolute Gasteiger partial charge is 0.308 e. The van der Waals surface area contributed by atoms with Crippen LogP contribution in [0.2, 0.25) is 0 Å². The Morgan fingerprint density at radius 2 is 1.89 bits per heavy atom. The van der Waals surface area contributed by atoms with Crippen LogP contribution in [0.1, 0.15) is 58.8 Å². The molecule has 2 aliphatic rings. The van der Waals surface area contributed by atoms with E-state index in [0.717, 1.165) is 18.5 Å². The Bertz CT molecular complexity index is 277. The number of piperazine rings is 1. The lowest BCUT2D eigenvalue weighted by Gasteiger charge is -2.50. The number of hydrogen-bond acceptors (Lipinski definition) is 2. The minimum Gasteiger partial charge on any atom is -0.308 e. The molecule has 0 amide bonds. The number of nitrogens with zero attached hydrogens (tertiary/aromatic N) is 1. The van der Waals surface area contributed by atoms with E-state index >= 15 is 0 Å². The highest BCUT2D eigenvalue weighted by Crippen LogP contribution is 2.32. The Kier molecular flexibility index (Phi) is 5.47. The van der Waals surface area contributed by atoms with Gasteiger partial charge in [0.1, 0.15) is 0 Å². The van der Waals surface area contributed by atoms with Crippen molar-refractivity contribution in [1.29, 1.82) is 0 Å². The van der Waals surface area contributed by atoms with Crippen LogP contribution in [0.25, 0.3) is 0 Å². The summed E-state index contributed by atoms with van der Waals surface area (Å²) in [6, 6.07) is 0.740. The van der Waals surface area contributed by atoms with E-state index in [0.29, 0.717) is 5.54 Å². The van der Waals surface area contributed by atoms with Gasteiger partial charge in [-0.05, 0) is 31.6 Å². The molecule has 1 saturated heterocycles. The second kappa shape index (κ2) is 6.90. The van der Waals surface area contributed by atoms with Gasteiger partial charge in [0.2, 0.25) is 0 Å². The highest BCUT2D eigenvalue weighted by atomic mass is 15.3. The van der Waals surface area contributed by atoms with Gasteiger partial charge < -0.3 is 5.32 Å². The SMILES string of the molecule is C=CCN1CC(CC)(CC)NCC1C1CCCCC1. The second-order valence-electron chi connectivity index (χ2n) is 6.55. The average Bonchev–Trinajstić information content (AvgIpc) is 2.48. The molecule has 0 aromatic rings. The molecule has 1 unspecified atom stereocenters. The summed E-state index contributed by atoms with van der Waals surface area (Å²) in [6.45, 7) is 12.1. The Labute approximate surface area is 119 Å². The normalized spacial score (nSPS) is 29.3. The molecule has 1 heterocycles. The number of rotatable bonds is 5. The van der Waals surface area contributed by atoms with Gasteiger partial charge in [0.15, 0.2) is 0 Å². The van der Waals surface area contributed by atoms with E-state index in [-0.39, 0.29) is 0 Å². The van der Waals surface area contributed by atoms with Crippen molar-refractivity contribution in [2.45, 2.75) is 70.4 Å². The zero-order valence-electron chi connectivity index (χ0n) is 13.0. The van der Waals surface area contributed by atoms with Crippen molar-refractivity contribution in [1.82, 2.24) is 10.2 Å². The fraction of sp³-hybridized carbons (Fsp3) is 0.882. The maximum atomic E-state index is 3.97. The van der Waals surface area contributed by atoms with Crippen molar-refractivity contribution < 1.29 is 0 Å². The highest BCUT2D eigenvalue weighted by molar-refractivity contribution is 5.00. The minimum atomic E-state index is 0.341. The predicted octanol–water partition coefficient (Wildman–Crippen LogP) is 3.59. The van der Waals surface area contributed by atoms with Gasteiger partial charge >= 0.3 is 0 Å². The van der Waals surface area contributed by atoms with Crippen LogP contribution in [0, 0.1) is 5.92 Å². The molecular formula is C17H32N2. The van der Waals surface area contributed by atoms with E-state index in [1.54, 1.807) is 0 Å². The van der Waals surface area contributed by atoms with Crippen molar-refractivity contribution in [2.24, 2.45) is 5.92 Å². The van der Waals surface area contributed by atoms with Gasteiger partial charge in [-0.1, -0.05) is 39.2 Å². The Morgan fingerprint density at radius 1 is 1.21 bits per heavy atom. The molecule has 0 aromatic carbocycles. The molecule has 0 aromatic heterocycles. The number of hydrogen-bond donors (Lipinski definition) is 1. The van der Waals surface area contributed by atoms with Gasteiger partial charge in [0.25, 0.3) is 0 Å². The van der Waals surface area contributed by atoms with Crippen LogP contribution in [0.3, 0.4) is 0 Å². The topological polar surface area (TPSA) is 15.3 Å². The summed E-state index contributed by atoms with van der Waals surface area (Å²) in [4.78, 5) is 2.71. The van der Waals surface area contributed by atoms with Gasteiger partial charge in [0, 0.05) is 31.2 Å². The standard InChI is InChI=1S/C17H32N2/c1-4-12-19-14-17(5-2,6-3)18-13-16(19)15-10-8-7-9-11-15/h4,15-16,18H,1,5-14H2,2-3H3. The van der Waals surface area contributed by atoms with E-state index in [9.17, 15) is 0 Å². The highest BCUT2D eigenvalue weighted by Gasteiger charge is 2.39. The fourth-order valence-electron chi connectivity index (χ4n) is 4.09. The van der Waals surface area contributed by atoms with E-state index in [2.05, 4.69) is 36.7 Å². The molecule has 0 bridgehead atoms. The Hall–Kier alpha value is -0.340.